The number of hydrogen-bond acceptors (Lipinski definition) is 2. The molecule has 1 aliphatic rings. The molecule has 1 aliphatic carbocycles. The Morgan fingerprint density at radius 2 is 1.80 bits per heavy atom. The first kappa shape index (κ1) is 15.4. The number of hydrogen-bond donors (Lipinski definition) is 1. The van der Waals surface area contributed by atoms with E-state index in [0.717, 1.165) is 41.7 Å². The second-order valence-corrected chi connectivity index (χ2v) is 7.33. The van der Waals surface area contributed by atoms with E-state index < -0.39 is 5.60 Å². The summed E-state index contributed by atoms with van der Waals surface area (Å²) in [7, 11) is 1.70. The third-order valence-corrected chi connectivity index (χ3v) is 5.07. The van der Waals surface area contributed by atoms with Gasteiger partial charge in [0.15, 0.2) is 0 Å². The van der Waals surface area contributed by atoms with Crippen LogP contribution >= 0.6 is 0 Å². The molecular formula is C18H28O2. The Kier molecular flexibility index (Phi) is 3.90. The second kappa shape index (κ2) is 5.07. The molecule has 2 heteroatoms. The van der Waals surface area contributed by atoms with E-state index in [-0.39, 0.29) is 5.92 Å². The number of ether oxygens (including phenoxy) is 1. The highest BCUT2D eigenvalue weighted by Crippen LogP contribution is 2.49. The van der Waals surface area contributed by atoms with E-state index in [4.69, 9.17) is 4.74 Å². The number of aliphatic hydroxyl groups is 1. The lowest BCUT2D eigenvalue weighted by atomic mass is 9.63. The van der Waals surface area contributed by atoms with Crippen LogP contribution in [0.4, 0.5) is 0 Å². The first-order valence-corrected chi connectivity index (χ1v) is 7.58. The smallest absolute Gasteiger partial charge is 0.122 e. The van der Waals surface area contributed by atoms with E-state index in [1.807, 2.05) is 6.92 Å². The Hall–Kier alpha value is -1.02. The fraction of sp³-hybridized carbons (Fsp3) is 0.667. The van der Waals surface area contributed by atoms with Crippen molar-refractivity contribution in [3.63, 3.8) is 0 Å². The topological polar surface area (TPSA) is 29.5 Å². The summed E-state index contributed by atoms with van der Waals surface area (Å²) in [6.07, 6.45) is 2.97. The van der Waals surface area contributed by atoms with Gasteiger partial charge in [-0.25, -0.2) is 0 Å². The maximum atomic E-state index is 11.3. The van der Waals surface area contributed by atoms with Crippen molar-refractivity contribution in [1.82, 2.24) is 0 Å². The van der Waals surface area contributed by atoms with Crippen LogP contribution in [0, 0.1) is 25.2 Å². The van der Waals surface area contributed by atoms with Crippen molar-refractivity contribution in [3.8, 4) is 5.75 Å². The fourth-order valence-electron chi connectivity index (χ4n) is 3.75. The summed E-state index contributed by atoms with van der Waals surface area (Å²) < 4.78 is 5.38. The van der Waals surface area contributed by atoms with Crippen molar-refractivity contribution < 1.29 is 9.84 Å². The van der Waals surface area contributed by atoms with Crippen LogP contribution in [0.3, 0.4) is 0 Å². The van der Waals surface area contributed by atoms with Gasteiger partial charge in [-0.3, -0.25) is 0 Å². The lowest BCUT2D eigenvalue weighted by molar-refractivity contribution is -0.0774. The van der Waals surface area contributed by atoms with Gasteiger partial charge in [0.05, 0.1) is 12.7 Å². The predicted octanol–water partition coefficient (Wildman–Crippen LogP) is 4.35. The molecule has 2 rings (SSSR count). The number of benzene rings is 1. The molecule has 2 nitrogen and oxygen atoms in total. The van der Waals surface area contributed by atoms with E-state index in [1.165, 1.54) is 0 Å². The van der Waals surface area contributed by atoms with E-state index >= 15 is 0 Å². The van der Waals surface area contributed by atoms with Gasteiger partial charge < -0.3 is 9.84 Å². The Labute approximate surface area is 123 Å². The molecule has 0 spiro atoms. The van der Waals surface area contributed by atoms with Crippen molar-refractivity contribution in [2.75, 3.05) is 7.11 Å². The van der Waals surface area contributed by atoms with Crippen LogP contribution in [0.1, 0.15) is 56.7 Å². The van der Waals surface area contributed by atoms with Gasteiger partial charge >= 0.3 is 0 Å². The summed E-state index contributed by atoms with van der Waals surface area (Å²) in [5.74, 6) is 1.18. The molecule has 1 aromatic carbocycles. The van der Waals surface area contributed by atoms with Crippen molar-refractivity contribution >= 4 is 0 Å². The maximum absolute atomic E-state index is 11.3. The van der Waals surface area contributed by atoms with Crippen LogP contribution in [0.15, 0.2) is 12.1 Å². The molecule has 0 bridgehead atoms. The first-order chi connectivity index (χ1) is 9.19. The van der Waals surface area contributed by atoms with E-state index in [2.05, 4.69) is 39.8 Å². The fourth-order valence-corrected chi connectivity index (χ4v) is 3.75. The normalized spacial score (nSPS) is 29.2. The van der Waals surface area contributed by atoms with Crippen LogP contribution in [-0.4, -0.2) is 12.2 Å². The van der Waals surface area contributed by atoms with Crippen molar-refractivity contribution in [2.45, 2.75) is 59.5 Å². The standard InChI is InChI=1S/C18H28O2/c1-12-10-16(20-6)13(2)9-15(12)18(19)8-7-17(4,5)11-14(18)3/h9-10,14,19H,7-8,11H2,1-6H3. The van der Waals surface area contributed by atoms with Crippen molar-refractivity contribution in [2.24, 2.45) is 11.3 Å². The van der Waals surface area contributed by atoms with Gasteiger partial charge in [0.25, 0.3) is 0 Å². The summed E-state index contributed by atoms with van der Waals surface area (Å²) in [6.45, 7) is 10.9. The highest BCUT2D eigenvalue weighted by molar-refractivity contribution is 5.44. The van der Waals surface area contributed by atoms with Crippen LogP contribution in [-0.2, 0) is 5.60 Å². The Bertz CT molecular complexity index is 504. The largest absolute Gasteiger partial charge is 0.496 e. The number of rotatable bonds is 2. The molecule has 1 saturated carbocycles. The van der Waals surface area contributed by atoms with Crippen molar-refractivity contribution in [1.29, 1.82) is 0 Å². The van der Waals surface area contributed by atoms with Crippen LogP contribution in [0.25, 0.3) is 0 Å². The third kappa shape index (κ3) is 2.58. The van der Waals surface area contributed by atoms with Crippen LogP contribution in [0.5, 0.6) is 5.75 Å². The number of methoxy groups -OCH3 is 1. The minimum Gasteiger partial charge on any atom is -0.496 e. The molecule has 20 heavy (non-hydrogen) atoms. The van der Waals surface area contributed by atoms with Gasteiger partial charge in [-0.1, -0.05) is 20.8 Å². The van der Waals surface area contributed by atoms with Crippen LogP contribution in [0.2, 0.25) is 0 Å². The molecule has 2 atom stereocenters. The van der Waals surface area contributed by atoms with Gasteiger partial charge in [-0.05, 0) is 73.3 Å². The molecule has 112 valence electrons. The lowest BCUT2D eigenvalue weighted by Gasteiger charge is -2.46. The predicted molar refractivity (Wildman–Crippen MR) is 83.2 cm³/mol. The second-order valence-electron chi connectivity index (χ2n) is 7.33. The zero-order valence-corrected chi connectivity index (χ0v) is 13.7. The van der Waals surface area contributed by atoms with Gasteiger partial charge in [0, 0.05) is 0 Å². The highest BCUT2D eigenvalue weighted by Gasteiger charge is 2.44. The molecule has 0 aliphatic heterocycles. The Morgan fingerprint density at radius 3 is 2.35 bits per heavy atom. The van der Waals surface area contributed by atoms with E-state index in [1.54, 1.807) is 7.11 Å². The average Bonchev–Trinajstić information content (AvgIpc) is 2.36. The van der Waals surface area contributed by atoms with E-state index in [9.17, 15) is 5.11 Å². The maximum Gasteiger partial charge on any atom is 0.122 e. The molecule has 1 N–H and O–H groups in total. The monoisotopic (exact) mass is 276 g/mol. The van der Waals surface area contributed by atoms with E-state index in [0.29, 0.717) is 5.41 Å². The highest BCUT2D eigenvalue weighted by atomic mass is 16.5. The molecular weight excluding hydrogens is 248 g/mol. The third-order valence-electron chi connectivity index (χ3n) is 5.07. The summed E-state index contributed by atoms with van der Waals surface area (Å²) in [6, 6.07) is 4.16. The van der Waals surface area contributed by atoms with Gasteiger partial charge in [-0.2, -0.15) is 0 Å². The zero-order chi connectivity index (χ0) is 15.1. The summed E-state index contributed by atoms with van der Waals surface area (Å²) in [5.41, 5.74) is 2.94. The molecule has 0 amide bonds. The molecule has 0 heterocycles. The molecule has 0 radical (unpaired) electrons. The first-order valence-electron chi connectivity index (χ1n) is 7.58. The molecule has 1 aromatic rings. The summed E-state index contributed by atoms with van der Waals surface area (Å²) in [5, 5.41) is 11.3. The quantitative estimate of drug-likeness (QED) is 0.870. The Balaban J connectivity index is 2.43. The van der Waals surface area contributed by atoms with Crippen LogP contribution < -0.4 is 4.74 Å². The minimum atomic E-state index is -0.698. The molecule has 0 aromatic heterocycles. The summed E-state index contributed by atoms with van der Waals surface area (Å²) in [4.78, 5) is 0. The summed E-state index contributed by atoms with van der Waals surface area (Å²) >= 11 is 0. The SMILES string of the molecule is COc1cc(C)c(C2(O)CCC(C)(C)CC2C)cc1C. The molecule has 0 saturated heterocycles. The van der Waals surface area contributed by atoms with Gasteiger partial charge in [-0.15, -0.1) is 0 Å². The zero-order valence-electron chi connectivity index (χ0n) is 13.7. The van der Waals surface area contributed by atoms with Gasteiger partial charge in [0.1, 0.15) is 5.75 Å². The minimum absolute atomic E-state index is 0.276. The lowest BCUT2D eigenvalue weighted by Crippen LogP contribution is -2.42. The van der Waals surface area contributed by atoms with Gasteiger partial charge in [0.2, 0.25) is 0 Å². The molecule has 2 unspecified atom stereocenters. The Morgan fingerprint density at radius 1 is 1.15 bits per heavy atom. The number of aryl methyl sites for hydroxylation is 2. The molecule has 1 fully saturated rings. The van der Waals surface area contributed by atoms with Crippen molar-refractivity contribution in [3.05, 3.63) is 28.8 Å². The average molecular weight is 276 g/mol.